The Hall–Kier alpha value is -3.82. The van der Waals surface area contributed by atoms with Crippen molar-refractivity contribution in [2.75, 3.05) is 13.7 Å². The fourth-order valence-corrected chi connectivity index (χ4v) is 4.50. The van der Waals surface area contributed by atoms with Crippen molar-refractivity contribution < 1.29 is 24.0 Å². The highest BCUT2D eigenvalue weighted by atomic mass is 35.5. The average Bonchev–Trinajstić information content (AvgIpc) is 2.90. The van der Waals surface area contributed by atoms with Crippen LogP contribution in [0.4, 0.5) is 5.69 Å². The van der Waals surface area contributed by atoms with Gasteiger partial charge in [-0.1, -0.05) is 59.6 Å². The lowest BCUT2D eigenvalue weighted by Gasteiger charge is -2.34. The molecule has 40 heavy (non-hydrogen) atoms. The maximum absolute atomic E-state index is 13.8. The molecule has 0 saturated heterocycles. The minimum atomic E-state index is -0.934. The number of rotatable bonds is 11. The van der Waals surface area contributed by atoms with Crippen LogP contribution >= 0.6 is 23.2 Å². The summed E-state index contributed by atoms with van der Waals surface area (Å²) in [4.78, 5) is 39.4. The second-order valence-electron chi connectivity index (χ2n) is 10.0. The van der Waals surface area contributed by atoms with Gasteiger partial charge < -0.3 is 19.7 Å². The third kappa shape index (κ3) is 8.34. The van der Waals surface area contributed by atoms with Crippen LogP contribution in [0.3, 0.4) is 0 Å². The summed E-state index contributed by atoms with van der Waals surface area (Å²) in [6.07, 6.45) is 0.224. The minimum absolute atomic E-state index is 0.0128. The number of methoxy groups -OCH3 is 1. The molecular formula is C29H31Cl2N3O6. The Kier molecular flexibility index (Phi) is 10.4. The van der Waals surface area contributed by atoms with E-state index in [0.29, 0.717) is 15.6 Å². The van der Waals surface area contributed by atoms with Crippen molar-refractivity contribution in [2.24, 2.45) is 0 Å². The van der Waals surface area contributed by atoms with Gasteiger partial charge in [-0.3, -0.25) is 19.7 Å². The molecule has 1 N–H and O–H groups in total. The molecule has 0 aliphatic heterocycles. The van der Waals surface area contributed by atoms with E-state index >= 15 is 0 Å². The first-order valence-corrected chi connectivity index (χ1v) is 13.2. The standard InChI is InChI=1S/C29H31Cl2N3O6/c1-29(2,3)32-28(36)25(15-19-9-6-5-7-10-19)33(17-21-22(30)11-8-12-23(21)31)27(35)18-40-20-13-14-24(34(37)38)26(16-20)39-4/h5-14,16,25H,15,17-18H2,1-4H3,(H,32,36). The highest BCUT2D eigenvalue weighted by molar-refractivity contribution is 6.36. The van der Waals surface area contributed by atoms with Crippen LogP contribution < -0.4 is 14.8 Å². The smallest absolute Gasteiger partial charge is 0.311 e. The Morgan fingerprint density at radius 3 is 2.25 bits per heavy atom. The van der Waals surface area contributed by atoms with E-state index in [1.54, 1.807) is 18.2 Å². The van der Waals surface area contributed by atoms with Gasteiger partial charge in [-0.15, -0.1) is 0 Å². The quantitative estimate of drug-likeness (QED) is 0.223. The molecule has 0 heterocycles. The first-order valence-electron chi connectivity index (χ1n) is 12.4. The Bertz CT molecular complexity index is 1340. The van der Waals surface area contributed by atoms with Crippen LogP contribution in [0.5, 0.6) is 11.5 Å². The second-order valence-corrected chi connectivity index (χ2v) is 10.9. The first-order chi connectivity index (χ1) is 18.9. The molecule has 0 aromatic heterocycles. The molecule has 0 radical (unpaired) electrons. The van der Waals surface area contributed by atoms with Crippen molar-refractivity contribution in [1.82, 2.24) is 10.2 Å². The molecule has 0 aliphatic rings. The molecule has 1 unspecified atom stereocenters. The number of benzene rings is 3. The van der Waals surface area contributed by atoms with E-state index in [0.717, 1.165) is 5.56 Å². The topological polar surface area (TPSA) is 111 Å². The van der Waals surface area contributed by atoms with Crippen LogP contribution in [-0.2, 0) is 22.6 Å². The van der Waals surface area contributed by atoms with E-state index in [4.69, 9.17) is 32.7 Å². The molecule has 11 heteroatoms. The van der Waals surface area contributed by atoms with Gasteiger partial charge in [0, 0.05) is 46.2 Å². The van der Waals surface area contributed by atoms with E-state index in [1.807, 2.05) is 51.1 Å². The zero-order valence-corrected chi connectivity index (χ0v) is 24.2. The van der Waals surface area contributed by atoms with Crippen molar-refractivity contribution >= 4 is 40.7 Å². The third-order valence-corrected chi connectivity index (χ3v) is 6.58. The number of halogens is 2. The highest BCUT2D eigenvalue weighted by Crippen LogP contribution is 2.31. The third-order valence-electron chi connectivity index (χ3n) is 5.87. The van der Waals surface area contributed by atoms with Crippen LogP contribution in [0.1, 0.15) is 31.9 Å². The molecule has 0 spiro atoms. The summed E-state index contributed by atoms with van der Waals surface area (Å²) in [5.41, 5.74) is 0.533. The molecule has 0 fully saturated rings. The predicted molar refractivity (Wildman–Crippen MR) is 154 cm³/mol. The van der Waals surface area contributed by atoms with Crippen molar-refractivity contribution in [3.8, 4) is 11.5 Å². The molecule has 3 aromatic rings. The normalized spacial score (nSPS) is 11.8. The minimum Gasteiger partial charge on any atom is -0.490 e. The maximum Gasteiger partial charge on any atom is 0.311 e. The van der Waals surface area contributed by atoms with Crippen LogP contribution in [-0.4, -0.2) is 46.9 Å². The van der Waals surface area contributed by atoms with Crippen LogP contribution in [0, 0.1) is 10.1 Å². The molecule has 3 rings (SSSR count). The monoisotopic (exact) mass is 587 g/mol. The van der Waals surface area contributed by atoms with Gasteiger partial charge in [0.2, 0.25) is 11.7 Å². The summed E-state index contributed by atoms with van der Waals surface area (Å²) < 4.78 is 10.8. The highest BCUT2D eigenvalue weighted by Gasteiger charge is 2.33. The molecule has 3 aromatic carbocycles. The Labute approximate surface area is 243 Å². The van der Waals surface area contributed by atoms with Gasteiger partial charge in [-0.2, -0.15) is 0 Å². The lowest BCUT2D eigenvalue weighted by Crippen LogP contribution is -2.55. The van der Waals surface area contributed by atoms with Gasteiger partial charge >= 0.3 is 5.69 Å². The fraction of sp³-hybridized carbons (Fsp3) is 0.310. The van der Waals surface area contributed by atoms with Gasteiger partial charge in [0.15, 0.2) is 6.61 Å². The van der Waals surface area contributed by atoms with E-state index < -0.39 is 29.0 Å². The number of carbonyl (C=O) groups excluding carboxylic acids is 2. The van der Waals surface area contributed by atoms with Gasteiger partial charge in [0.1, 0.15) is 11.8 Å². The maximum atomic E-state index is 13.8. The summed E-state index contributed by atoms with van der Waals surface area (Å²) in [6.45, 7) is 5.04. The van der Waals surface area contributed by atoms with Gasteiger partial charge in [-0.25, -0.2) is 0 Å². The van der Waals surface area contributed by atoms with Crippen molar-refractivity contribution in [1.29, 1.82) is 0 Å². The van der Waals surface area contributed by atoms with Gasteiger partial charge in [-0.05, 0) is 44.5 Å². The number of ether oxygens (including phenoxy) is 2. The summed E-state index contributed by atoms with van der Waals surface area (Å²) in [6, 6.07) is 17.3. The number of nitro benzene ring substituents is 1. The van der Waals surface area contributed by atoms with Gasteiger partial charge in [0.05, 0.1) is 12.0 Å². The first kappa shape index (κ1) is 30.7. The summed E-state index contributed by atoms with van der Waals surface area (Å²) >= 11 is 12.9. The van der Waals surface area contributed by atoms with E-state index in [9.17, 15) is 19.7 Å². The van der Waals surface area contributed by atoms with Crippen LogP contribution in [0.25, 0.3) is 0 Å². The Morgan fingerprint density at radius 1 is 1.02 bits per heavy atom. The number of hydrogen-bond donors (Lipinski definition) is 1. The molecule has 212 valence electrons. The number of nitrogens with one attached hydrogen (secondary N) is 1. The zero-order chi connectivity index (χ0) is 29.4. The Morgan fingerprint density at radius 2 is 1.68 bits per heavy atom. The number of nitro groups is 1. The SMILES string of the molecule is COc1cc(OCC(=O)N(Cc2c(Cl)cccc2Cl)C(Cc2ccccc2)C(=O)NC(C)(C)C)ccc1[N+](=O)[O-]. The van der Waals surface area contributed by atoms with E-state index in [1.165, 1.54) is 30.2 Å². The number of nitrogens with zero attached hydrogens (tertiary/aromatic N) is 2. The van der Waals surface area contributed by atoms with E-state index in [2.05, 4.69) is 5.32 Å². The van der Waals surface area contributed by atoms with E-state index in [-0.39, 0.29) is 36.1 Å². The second kappa shape index (κ2) is 13.5. The zero-order valence-electron chi connectivity index (χ0n) is 22.6. The molecule has 1 atom stereocenters. The molecular weight excluding hydrogens is 557 g/mol. The van der Waals surface area contributed by atoms with Crippen LogP contribution in [0.2, 0.25) is 10.0 Å². The fourth-order valence-electron chi connectivity index (χ4n) is 3.99. The number of hydrogen-bond acceptors (Lipinski definition) is 6. The largest absolute Gasteiger partial charge is 0.490 e. The molecule has 0 aliphatic carbocycles. The van der Waals surface area contributed by atoms with Crippen LogP contribution in [0.15, 0.2) is 66.7 Å². The lowest BCUT2D eigenvalue weighted by atomic mass is 10.0. The molecule has 0 bridgehead atoms. The summed E-state index contributed by atoms with van der Waals surface area (Å²) in [5, 5.41) is 14.9. The Balaban J connectivity index is 1.98. The molecule has 9 nitrogen and oxygen atoms in total. The van der Waals surface area contributed by atoms with Crippen molar-refractivity contribution in [3.05, 3.63) is 98.0 Å². The van der Waals surface area contributed by atoms with Gasteiger partial charge in [0.25, 0.3) is 5.91 Å². The van der Waals surface area contributed by atoms with Crippen molar-refractivity contribution in [3.63, 3.8) is 0 Å². The molecule has 2 amide bonds. The predicted octanol–water partition coefficient (Wildman–Crippen LogP) is 5.84. The number of carbonyl (C=O) groups is 2. The lowest BCUT2D eigenvalue weighted by molar-refractivity contribution is -0.385. The van der Waals surface area contributed by atoms with Crippen molar-refractivity contribution in [2.45, 2.75) is 45.3 Å². The summed E-state index contributed by atoms with van der Waals surface area (Å²) in [7, 11) is 1.30. The summed E-state index contributed by atoms with van der Waals surface area (Å²) in [5.74, 6) is -0.699. The average molecular weight is 588 g/mol. The number of amides is 2. The molecule has 0 saturated carbocycles.